The van der Waals surface area contributed by atoms with E-state index in [2.05, 4.69) is 15.7 Å². The number of ether oxygens (including phenoxy) is 2. The largest absolute Gasteiger partial charge is 0.473 e. The number of hydrogen-bond donors (Lipinski definition) is 2. The number of fused-ring (bicyclic) bond motifs is 2. The quantitative estimate of drug-likeness (QED) is 0.614. The Labute approximate surface area is 192 Å². The second kappa shape index (κ2) is 10.2. The number of carbonyl (C=O) groups is 3. The summed E-state index contributed by atoms with van der Waals surface area (Å²) in [7, 11) is 0. The number of aliphatic carboxylic acids is 2. The molecule has 33 heavy (non-hydrogen) atoms. The summed E-state index contributed by atoms with van der Waals surface area (Å²) in [5.74, 6) is -2.25. The molecule has 1 unspecified atom stereocenters. The van der Waals surface area contributed by atoms with Crippen LogP contribution < -0.4 is 0 Å². The van der Waals surface area contributed by atoms with Gasteiger partial charge in [-0.3, -0.25) is 9.69 Å². The maximum absolute atomic E-state index is 12.7. The van der Waals surface area contributed by atoms with Crippen LogP contribution in [0.15, 0.2) is 6.20 Å². The summed E-state index contributed by atoms with van der Waals surface area (Å²) in [6, 6.07) is 0. The number of piperidine rings is 1. The molecule has 182 valence electrons. The topological polar surface area (TPSA) is 134 Å². The van der Waals surface area contributed by atoms with E-state index in [0.717, 1.165) is 57.9 Å². The van der Waals surface area contributed by atoms with Crippen molar-refractivity contribution in [2.75, 3.05) is 46.0 Å². The van der Waals surface area contributed by atoms with Gasteiger partial charge in [-0.2, -0.15) is 0 Å². The Morgan fingerprint density at radius 3 is 2.33 bits per heavy atom. The van der Waals surface area contributed by atoms with E-state index < -0.39 is 11.9 Å². The number of likely N-dealkylation sites (tertiary alicyclic amines) is 2. The maximum atomic E-state index is 12.7. The van der Waals surface area contributed by atoms with Gasteiger partial charge in [0.05, 0.1) is 24.8 Å². The monoisotopic (exact) mass is 464 g/mol. The first-order chi connectivity index (χ1) is 15.9. The van der Waals surface area contributed by atoms with Gasteiger partial charge in [0.25, 0.3) is 0 Å². The van der Waals surface area contributed by atoms with Gasteiger partial charge >= 0.3 is 11.9 Å². The summed E-state index contributed by atoms with van der Waals surface area (Å²) in [6.45, 7) is 7.83. The van der Waals surface area contributed by atoms with Gasteiger partial charge in [-0.1, -0.05) is 0 Å². The highest BCUT2D eigenvalue weighted by molar-refractivity contribution is 6.27. The molecule has 1 atom stereocenters. The fourth-order valence-electron chi connectivity index (χ4n) is 5.16. The van der Waals surface area contributed by atoms with Crippen molar-refractivity contribution in [3.05, 3.63) is 17.7 Å². The fraction of sp³-hybridized carbons (Fsp3) is 0.727. The molecule has 4 aliphatic rings. The van der Waals surface area contributed by atoms with E-state index >= 15 is 0 Å². The minimum absolute atomic E-state index is 0.0559. The number of carboxylic acids is 2. The molecule has 3 saturated heterocycles. The Bertz CT molecular complexity index is 854. The van der Waals surface area contributed by atoms with Crippen LogP contribution in [0, 0.1) is 5.92 Å². The average Bonchev–Trinajstić information content (AvgIpc) is 3.58. The number of nitrogens with zero attached hydrogens (tertiary/aromatic N) is 4. The first kappa shape index (κ1) is 23.7. The SMILES string of the molecule is O=C(C1CCOC1)N1CCC2(CC1)OCCn1c(CN3CCCC3)cnc12.O=C(O)C(=O)O. The molecule has 1 aromatic rings. The molecule has 1 amide bonds. The summed E-state index contributed by atoms with van der Waals surface area (Å²) in [5, 5.41) is 14.8. The molecule has 0 saturated carbocycles. The van der Waals surface area contributed by atoms with E-state index in [-0.39, 0.29) is 17.4 Å². The van der Waals surface area contributed by atoms with Crippen molar-refractivity contribution in [1.82, 2.24) is 19.4 Å². The van der Waals surface area contributed by atoms with Crippen LogP contribution in [0.25, 0.3) is 0 Å². The Morgan fingerprint density at radius 2 is 1.73 bits per heavy atom. The number of aromatic nitrogens is 2. The molecule has 1 spiro atoms. The van der Waals surface area contributed by atoms with E-state index in [4.69, 9.17) is 34.3 Å². The van der Waals surface area contributed by atoms with Gasteiger partial charge in [0, 0.05) is 51.8 Å². The van der Waals surface area contributed by atoms with Crippen LogP contribution in [0.4, 0.5) is 0 Å². The number of carbonyl (C=O) groups excluding carboxylic acids is 1. The summed E-state index contributed by atoms with van der Waals surface area (Å²) >= 11 is 0. The third-order valence-corrected chi connectivity index (χ3v) is 6.97. The lowest BCUT2D eigenvalue weighted by Crippen LogP contribution is -2.51. The summed E-state index contributed by atoms with van der Waals surface area (Å²) in [4.78, 5) is 40.2. The van der Waals surface area contributed by atoms with Crippen LogP contribution >= 0.6 is 0 Å². The highest BCUT2D eigenvalue weighted by Gasteiger charge is 2.45. The van der Waals surface area contributed by atoms with E-state index in [1.807, 2.05) is 4.90 Å². The van der Waals surface area contributed by atoms with E-state index in [1.54, 1.807) is 0 Å². The number of rotatable bonds is 3. The van der Waals surface area contributed by atoms with Crippen LogP contribution in [-0.4, -0.2) is 93.4 Å². The lowest BCUT2D eigenvalue weighted by atomic mass is 9.88. The number of carboxylic acid groups (broad SMARTS) is 2. The minimum Gasteiger partial charge on any atom is -0.473 e. The molecule has 0 bridgehead atoms. The molecule has 5 rings (SSSR count). The zero-order valence-corrected chi connectivity index (χ0v) is 18.8. The maximum Gasteiger partial charge on any atom is 0.414 e. The molecule has 3 fully saturated rings. The lowest BCUT2D eigenvalue weighted by molar-refractivity contribution is -0.159. The van der Waals surface area contributed by atoms with Crippen LogP contribution in [0.5, 0.6) is 0 Å². The summed E-state index contributed by atoms with van der Waals surface area (Å²) in [5.41, 5.74) is 1.00. The van der Waals surface area contributed by atoms with Crippen LogP contribution in [-0.2, 0) is 42.5 Å². The normalized spacial score (nSPS) is 24.2. The molecular weight excluding hydrogens is 432 g/mol. The van der Waals surface area contributed by atoms with Gasteiger partial charge < -0.3 is 29.2 Å². The molecule has 1 aromatic heterocycles. The number of amides is 1. The fourth-order valence-corrected chi connectivity index (χ4v) is 5.16. The van der Waals surface area contributed by atoms with E-state index in [1.165, 1.54) is 31.6 Å². The second-order valence-electron chi connectivity index (χ2n) is 9.05. The van der Waals surface area contributed by atoms with Crippen LogP contribution in [0.1, 0.15) is 43.6 Å². The Kier molecular flexibility index (Phi) is 7.30. The predicted octanol–water partition coefficient (Wildman–Crippen LogP) is 0.519. The Morgan fingerprint density at radius 1 is 1.03 bits per heavy atom. The van der Waals surface area contributed by atoms with E-state index in [9.17, 15) is 4.79 Å². The second-order valence-corrected chi connectivity index (χ2v) is 9.05. The number of hydrogen-bond acceptors (Lipinski definition) is 7. The van der Waals surface area contributed by atoms with Gasteiger partial charge in [-0.05, 0) is 32.4 Å². The van der Waals surface area contributed by atoms with Gasteiger partial charge in [0.2, 0.25) is 5.91 Å². The van der Waals surface area contributed by atoms with Crippen molar-refractivity contribution in [3.8, 4) is 0 Å². The first-order valence-electron chi connectivity index (χ1n) is 11.6. The summed E-state index contributed by atoms with van der Waals surface area (Å²) in [6.07, 6.45) is 7.21. The standard InChI is InChI=1S/C20H30N4O3.C2H2O4/c25-18(16-3-11-26-15-16)23-8-4-20(5-9-23)19-21-13-17(24(19)10-12-27-20)14-22-6-1-2-7-22;3-1(4)2(5)6/h13,16H,1-12,14-15H2;(H,3,4)(H,5,6). The third kappa shape index (κ3) is 5.20. The Hall–Kier alpha value is -2.50. The summed E-state index contributed by atoms with van der Waals surface area (Å²) < 4.78 is 14.1. The third-order valence-electron chi connectivity index (χ3n) is 6.97. The van der Waals surface area contributed by atoms with Crippen molar-refractivity contribution < 1.29 is 34.1 Å². The predicted molar refractivity (Wildman–Crippen MR) is 114 cm³/mol. The molecule has 4 aliphatic heterocycles. The van der Waals surface area contributed by atoms with Crippen molar-refractivity contribution in [2.45, 2.75) is 50.8 Å². The first-order valence-corrected chi connectivity index (χ1v) is 11.6. The zero-order chi connectivity index (χ0) is 23.4. The van der Waals surface area contributed by atoms with Crippen molar-refractivity contribution in [2.24, 2.45) is 5.92 Å². The Balaban J connectivity index is 0.000000385. The highest BCUT2D eigenvalue weighted by atomic mass is 16.5. The smallest absolute Gasteiger partial charge is 0.414 e. The molecule has 0 radical (unpaired) electrons. The van der Waals surface area contributed by atoms with Crippen LogP contribution in [0.3, 0.4) is 0 Å². The van der Waals surface area contributed by atoms with Crippen molar-refractivity contribution >= 4 is 17.8 Å². The van der Waals surface area contributed by atoms with Gasteiger partial charge in [0.1, 0.15) is 11.4 Å². The zero-order valence-electron chi connectivity index (χ0n) is 18.8. The molecular formula is C22H32N4O7. The highest BCUT2D eigenvalue weighted by Crippen LogP contribution is 2.39. The van der Waals surface area contributed by atoms with Crippen molar-refractivity contribution in [1.29, 1.82) is 0 Å². The molecule has 0 aliphatic carbocycles. The number of imidazole rings is 1. The van der Waals surface area contributed by atoms with Crippen LogP contribution in [0.2, 0.25) is 0 Å². The lowest BCUT2D eigenvalue weighted by Gasteiger charge is -2.44. The molecule has 5 heterocycles. The molecule has 11 heteroatoms. The van der Waals surface area contributed by atoms with Gasteiger partial charge in [-0.25, -0.2) is 14.6 Å². The van der Waals surface area contributed by atoms with Crippen molar-refractivity contribution in [3.63, 3.8) is 0 Å². The molecule has 2 N–H and O–H groups in total. The van der Waals surface area contributed by atoms with E-state index in [0.29, 0.717) is 13.2 Å². The minimum atomic E-state index is -1.82. The average molecular weight is 465 g/mol. The molecule has 11 nitrogen and oxygen atoms in total. The van der Waals surface area contributed by atoms with Gasteiger partial charge in [-0.15, -0.1) is 0 Å². The molecule has 0 aromatic carbocycles. The van der Waals surface area contributed by atoms with Gasteiger partial charge in [0.15, 0.2) is 0 Å².